The molecule has 0 aliphatic heterocycles. The predicted octanol–water partition coefficient (Wildman–Crippen LogP) is 3.65. The van der Waals surface area contributed by atoms with Gasteiger partial charge < -0.3 is 14.6 Å². The molecule has 0 bridgehead atoms. The van der Waals surface area contributed by atoms with Crippen LogP contribution in [0.1, 0.15) is 29.2 Å². The summed E-state index contributed by atoms with van der Waals surface area (Å²) in [5, 5.41) is 10.5. The van der Waals surface area contributed by atoms with Crippen LogP contribution in [0.25, 0.3) is 11.3 Å². The Morgan fingerprint density at radius 1 is 0.952 bits per heavy atom. The highest BCUT2D eigenvalue weighted by Gasteiger charge is 2.29. The molecule has 0 saturated carbocycles. The molecule has 21 heavy (non-hydrogen) atoms. The van der Waals surface area contributed by atoms with Crippen LogP contribution in [0.5, 0.6) is 5.75 Å². The third kappa shape index (κ3) is 2.30. The maximum atomic E-state index is 10.5. The Bertz CT molecular complexity index is 674. The fourth-order valence-electron chi connectivity index (χ4n) is 2.90. The van der Waals surface area contributed by atoms with Crippen molar-refractivity contribution >= 4 is 11.3 Å². The predicted molar refractivity (Wildman–Crippen MR) is 82.8 cm³/mol. The monoisotopic (exact) mass is 282 g/mol. The number of ether oxygens (including phenoxy) is 2. The Hall–Kier alpha value is -2.26. The van der Waals surface area contributed by atoms with Gasteiger partial charge in [-0.25, -0.2) is 0 Å². The number of methoxy groups -OCH3 is 2. The van der Waals surface area contributed by atoms with Gasteiger partial charge in [0.25, 0.3) is 0 Å². The highest BCUT2D eigenvalue weighted by Crippen LogP contribution is 2.45. The molecule has 0 aromatic heterocycles. The van der Waals surface area contributed by atoms with E-state index in [4.69, 9.17) is 9.47 Å². The van der Waals surface area contributed by atoms with Gasteiger partial charge in [0.15, 0.2) is 0 Å². The summed E-state index contributed by atoms with van der Waals surface area (Å²) in [6, 6.07) is 15.7. The molecule has 0 saturated heterocycles. The van der Waals surface area contributed by atoms with Gasteiger partial charge >= 0.3 is 0 Å². The third-order valence-corrected chi connectivity index (χ3v) is 3.86. The van der Waals surface area contributed by atoms with Crippen molar-refractivity contribution in [1.82, 2.24) is 0 Å². The van der Waals surface area contributed by atoms with E-state index in [-0.39, 0.29) is 0 Å². The van der Waals surface area contributed by atoms with Gasteiger partial charge in [0.1, 0.15) is 11.5 Å². The summed E-state index contributed by atoms with van der Waals surface area (Å²) in [4.78, 5) is 0. The highest BCUT2D eigenvalue weighted by molar-refractivity contribution is 5.92. The Labute approximate surface area is 124 Å². The fourth-order valence-corrected chi connectivity index (χ4v) is 2.90. The van der Waals surface area contributed by atoms with Gasteiger partial charge in [-0.2, -0.15) is 0 Å². The van der Waals surface area contributed by atoms with E-state index in [1.807, 2.05) is 48.5 Å². The van der Waals surface area contributed by atoms with E-state index in [1.165, 1.54) is 0 Å². The summed E-state index contributed by atoms with van der Waals surface area (Å²) >= 11 is 0. The van der Waals surface area contributed by atoms with Gasteiger partial charge in [-0.1, -0.05) is 42.5 Å². The van der Waals surface area contributed by atoms with Crippen molar-refractivity contribution in [2.24, 2.45) is 0 Å². The van der Waals surface area contributed by atoms with Gasteiger partial charge in [0, 0.05) is 12.0 Å². The number of hydrogen-bond acceptors (Lipinski definition) is 3. The van der Waals surface area contributed by atoms with Crippen LogP contribution in [0.15, 0.2) is 48.5 Å². The van der Waals surface area contributed by atoms with Crippen molar-refractivity contribution in [2.45, 2.75) is 12.5 Å². The summed E-state index contributed by atoms with van der Waals surface area (Å²) in [6.45, 7) is 0. The number of hydrogen-bond donors (Lipinski definition) is 1. The highest BCUT2D eigenvalue weighted by atomic mass is 16.5. The second-order valence-corrected chi connectivity index (χ2v) is 5.02. The Morgan fingerprint density at radius 3 is 2.38 bits per heavy atom. The Balaban J connectivity index is 2.26. The third-order valence-electron chi connectivity index (χ3n) is 3.86. The first-order chi connectivity index (χ1) is 10.3. The standard InChI is InChI=1S/C18H18O3/c1-20-16-10-6-9-13-15(19)11-14(18(21-2)17(13)16)12-7-4-3-5-8-12/h3-10,15,19H,11H2,1-2H3. The molecule has 1 unspecified atom stereocenters. The SMILES string of the molecule is COC1=C(c2ccccc2)CC(O)c2cccc(OC)c21. The number of benzene rings is 2. The summed E-state index contributed by atoms with van der Waals surface area (Å²) in [6.07, 6.45) is -0.0166. The smallest absolute Gasteiger partial charge is 0.134 e. The molecule has 0 spiro atoms. The second kappa shape index (κ2) is 5.62. The zero-order chi connectivity index (χ0) is 14.8. The molecule has 3 heteroatoms. The lowest BCUT2D eigenvalue weighted by molar-refractivity contribution is 0.179. The van der Waals surface area contributed by atoms with Gasteiger partial charge in [-0.3, -0.25) is 0 Å². The number of fused-ring (bicyclic) bond motifs is 1. The molecule has 2 aromatic carbocycles. The van der Waals surface area contributed by atoms with Gasteiger partial charge in [-0.15, -0.1) is 0 Å². The van der Waals surface area contributed by atoms with Crippen LogP contribution in [0.3, 0.4) is 0 Å². The normalized spacial score (nSPS) is 17.4. The van der Waals surface area contributed by atoms with Crippen LogP contribution in [0, 0.1) is 0 Å². The van der Waals surface area contributed by atoms with Crippen molar-refractivity contribution in [3.8, 4) is 5.75 Å². The first kappa shape index (κ1) is 13.7. The maximum absolute atomic E-state index is 10.5. The van der Waals surface area contributed by atoms with Crippen molar-refractivity contribution < 1.29 is 14.6 Å². The number of aliphatic hydroxyl groups is 1. The molecule has 1 aliphatic rings. The Kier molecular flexibility index (Phi) is 3.67. The summed E-state index contributed by atoms with van der Waals surface area (Å²) < 4.78 is 11.1. The Morgan fingerprint density at radius 2 is 1.71 bits per heavy atom. The van der Waals surface area contributed by atoms with Crippen LogP contribution in [-0.2, 0) is 4.74 Å². The zero-order valence-corrected chi connectivity index (χ0v) is 12.2. The van der Waals surface area contributed by atoms with E-state index in [1.54, 1.807) is 14.2 Å². The molecule has 0 heterocycles. The fraction of sp³-hybridized carbons (Fsp3) is 0.222. The first-order valence-electron chi connectivity index (χ1n) is 6.94. The topological polar surface area (TPSA) is 38.7 Å². The summed E-state index contributed by atoms with van der Waals surface area (Å²) in [7, 11) is 3.29. The van der Waals surface area contributed by atoms with Gasteiger partial charge in [0.2, 0.25) is 0 Å². The zero-order valence-electron chi connectivity index (χ0n) is 12.2. The lowest BCUT2D eigenvalue weighted by atomic mass is 9.84. The lowest BCUT2D eigenvalue weighted by Gasteiger charge is -2.27. The van der Waals surface area contributed by atoms with E-state index < -0.39 is 6.10 Å². The average molecular weight is 282 g/mol. The minimum absolute atomic E-state index is 0.535. The molecule has 0 radical (unpaired) electrons. The molecule has 0 fully saturated rings. The molecule has 3 nitrogen and oxygen atoms in total. The number of rotatable bonds is 3. The van der Waals surface area contributed by atoms with Crippen LogP contribution in [0.4, 0.5) is 0 Å². The molecule has 108 valence electrons. The molecule has 1 atom stereocenters. The molecular formula is C18H18O3. The van der Waals surface area contributed by atoms with E-state index in [0.29, 0.717) is 6.42 Å². The molecule has 1 aliphatic carbocycles. The number of aliphatic hydroxyl groups excluding tert-OH is 1. The van der Waals surface area contributed by atoms with E-state index in [2.05, 4.69) is 0 Å². The van der Waals surface area contributed by atoms with Crippen molar-refractivity contribution in [3.63, 3.8) is 0 Å². The maximum Gasteiger partial charge on any atom is 0.134 e. The minimum atomic E-state index is -0.552. The molecular weight excluding hydrogens is 264 g/mol. The van der Waals surface area contributed by atoms with E-state index in [9.17, 15) is 5.11 Å². The van der Waals surface area contributed by atoms with Crippen molar-refractivity contribution in [2.75, 3.05) is 14.2 Å². The van der Waals surface area contributed by atoms with Crippen molar-refractivity contribution in [3.05, 3.63) is 65.2 Å². The first-order valence-corrected chi connectivity index (χ1v) is 6.94. The average Bonchev–Trinajstić information content (AvgIpc) is 2.55. The molecule has 3 rings (SSSR count). The van der Waals surface area contributed by atoms with Crippen LogP contribution in [-0.4, -0.2) is 19.3 Å². The van der Waals surface area contributed by atoms with Crippen LogP contribution < -0.4 is 4.74 Å². The molecule has 1 N–H and O–H groups in total. The van der Waals surface area contributed by atoms with E-state index in [0.717, 1.165) is 33.8 Å². The van der Waals surface area contributed by atoms with Crippen LogP contribution in [0.2, 0.25) is 0 Å². The summed E-state index contributed by atoms with van der Waals surface area (Å²) in [5.74, 6) is 1.50. The lowest BCUT2D eigenvalue weighted by Crippen LogP contribution is -2.12. The van der Waals surface area contributed by atoms with E-state index >= 15 is 0 Å². The molecule has 2 aromatic rings. The quantitative estimate of drug-likeness (QED) is 0.934. The largest absolute Gasteiger partial charge is 0.496 e. The second-order valence-electron chi connectivity index (χ2n) is 5.02. The minimum Gasteiger partial charge on any atom is -0.496 e. The van der Waals surface area contributed by atoms with Gasteiger partial charge in [0.05, 0.1) is 25.9 Å². The summed E-state index contributed by atoms with van der Waals surface area (Å²) in [5.41, 5.74) is 3.76. The van der Waals surface area contributed by atoms with Crippen LogP contribution >= 0.6 is 0 Å². The van der Waals surface area contributed by atoms with Crippen molar-refractivity contribution in [1.29, 1.82) is 0 Å². The molecule has 0 amide bonds. The van der Waals surface area contributed by atoms with Gasteiger partial charge in [-0.05, 0) is 17.2 Å².